The number of alkyl halides is 1. The number of fused-ring (bicyclic) bond motifs is 1. The van der Waals surface area contributed by atoms with E-state index >= 15 is 0 Å². The molecule has 0 bridgehead atoms. The quantitative estimate of drug-likeness (QED) is 0.694. The van der Waals surface area contributed by atoms with Gasteiger partial charge in [-0.05, 0) is 26.0 Å². The lowest BCUT2D eigenvalue weighted by Gasteiger charge is -2.13. The molecule has 1 atom stereocenters. The van der Waals surface area contributed by atoms with Gasteiger partial charge in [-0.3, -0.25) is 9.36 Å². The van der Waals surface area contributed by atoms with Gasteiger partial charge in [-0.1, -0.05) is 12.1 Å². The first kappa shape index (κ1) is 14.2. The number of aryl methyl sites for hydroxylation is 1. The Morgan fingerprint density at radius 3 is 2.81 bits per heavy atom. The van der Waals surface area contributed by atoms with Crippen LogP contribution in [0.15, 0.2) is 35.3 Å². The molecule has 0 amide bonds. The molecule has 0 radical (unpaired) electrons. The molecule has 0 saturated carbocycles. The first-order chi connectivity index (χ1) is 10.1. The Morgan fingerprint density at radius 2 is 2.14 bits per heavy atom. The summed E-state index contributed by atoms with van der Waals surface area (Å²) in [5.41, 5.74) is 0.604. The fourth-order valence-corrected chi connectivity index (χ4v) is 3.19. The maximum absolute atomic E-state index is 12.7. The molecule has 1 unspecified atom stereocenters. The lowest BCUT2D eigenvalue weighted by atomic mass is 10.2. The van der Waals surface area contributed by atoms with Crippen LogP contribution in [0.3, 0.4) is 0 Å². The van der Waals surface area contributed by atoms with E-state index in [-0.39, 0.29) is 10.9 Å². The van der Waals surface area contributed by atoms with Gasteiger partial charge in [-0.25, -0.2) is 9.97 Å². The van der Waals surface area contributed by atoms with Crippen molar-refractivity contribution in [3.63, 3.8) is 0 Å². The van der Waals surface area contributed by atoms with Gasteiger partial charge in [-0.15, -0.1) is 22.9 Å². The number of hydrogen-bond acceptors (Lipinski definition) is 4. The second-order valence-electron chi connectivity index (χ2n) is 4.86. The molecule has 6 heteroatoms. The summed E-state index contributed by atoms with van der Waals surface area (Å²) >= 11 is 7.79. The van der Waals surface area contributed by atoms with Crippen molar-refractivity contribution >= 4 is 33.8 Å². The lowest BCUT2D eigenvalue weighted by molar-refractivity contribution is 0.675. The largest absolute Gasteiger partial charge is 0.288 e. The van der Waals surface area contributed by atoms with E-state index in [0.717, 1.165) is 9.88 Å². The monoisotopic (exact) mass is 319 g/mol. The topological polar surface area (TPSA) is 47.8 Å². The Bertz CT molecular complexity index is 853. The molecule has 0 N–H and O–H groups in total. The van der Waals surface area contributed by atoms with Crippen molar-refractivity contribution < 1.29 is 0 Å². The van der Waals surface area contributed by atoms with Gasteiger partial charge in [-0.2, -0.15) is 0 Å². The van der Waals surface area contributed by atoms with Crippen LogP contribution < -0.4 is 5.56 Å². The van der Waals surface area contributed by atoms with E-state index < -0.39 is 0 Å². The van der Waals surface area contributed by atoms with Gasteiger partial charge in [0.25, 0.3) is 5.56 Å². The number of para-hydroxylation sites is 1. The van der Waals surface area contributed by atoms with Crippen molar-refractivity contribution in [1.29, 1.82) is 0 Å². The molecule has 3 aromatic rings. The van der Waals surface area contributed by atoms with Gasteiger partial charge in [0.05, 0.1) is 22.8 Å². The van der Waals surface area contributed by atoms with Crippen molar-refractivity contribution in [2.24, 2.45) is 0 Å². The van der Waals surface area contributed by atoms with Crippen LogP contribution in [0.1, 0.15) is 28.0 Å². The summed E-state index contributed by atoms with van der Waals surface area (Å²) in [6.45, 7) is 4.22. The highest BCUT2D eigenvalue weighted by Gasteiger charge is 2.16. The molecule has 0 aliphatic carbocycles. The first-order valence-electron chi connectivity index (χ1n) is 6.61. The Morgan fingerprint density at radius 1 is 1.38 bits per heavy atom. The van der Waals surface area contributed by atoms with E-state index in [2.05, 4.69) is 9.97 Å². The Labute approximate surface area is 131 Å². The minimum atomic E-state index is -0.344. The highest BCUT2D eigenvalue weighted by atomic mass is 35.5. The SMILES string of the molecule is Cc1cnc(Cn2c(C(C)Cl)nc3ccccc3c2=O)s1. The van der Waals surface area contributed by atoms with Gasteiger partial charge >= 0.3 is 0 Å². The van der Waals surface area contributed by atoms with E-state index in [1.165, 1.54) is 0 Å². The van der Waals surface area contributed by atoms with Gasteiger partial charge in [0.15, 0.2) is 0 Å². The second-order valence-corrected chi connectivity index (χ2v) is 6.83. The summed E-state index contributed by atoms with van der Waals surface area (Å²) in [5, 5.41) is 1.14. The van der Waals surface area contributed by atoms with E-state index in [0.29, 0.717) is 23.3 Å². The number of halogens is 1. The van der Waals surface area contributed by atoms with E-state index in [1.807, 2.05) is 38.2 Å². The van der Waals surface area contributed by atoms with Gasteiger partial charge < -0.3 is 0 Å². The van der Waals surface area contributed by atoms with Gasteiger partial charge in [0, 0.05) is 11.1 Å². The molecule has 4 nitrogen and oxygen atoms in total. The third-order valence-corrected chi connectivity index (χ3v) is 4.30. The zero-order chi connectivity index (χ0) is 15.0. The maximum atomic E-state index is 12.7. The summed E-state index contributed by atoms with van der Waals surface area (Å²) in [7, 11) is 0. The second kappa shape index (κ2) is 5.58. The molecule has 0 aliphatic heterocycles. The van der Waals surface area contributed by atoms with E-state index in [9.17, 15) is 4.79 Å². The smallest absolute Gasteiger partial charge is 0.261 e. The number of hydrogen-bond donors (Lipinski definition) is 0. The van der Waals surface area contributed by atoms with Crippen LogP contribution in [0.2, 0.25) is 0 Å². The predicted octanol–water partition coefficient (Wildman–Crippen LogP) is 3.51. The number of benzene rings is 1. The van der Waals surface area contributed by atoms with Crippen molar-refractivity contribution in [3.05, 3.63) is 56.5 Å². The molecule has 0 aliphatic rings. The summed E-state index contributed by atoms with van der Waals surface area (Å²) in [6, 6.07) is 7.33. The molecule has 2 heterocycles. The fraction of sp³-hybridized carbons (Fsp3) is 0.267. The standard InChI is InChI=1S/C15H14ClN3OS/c1-9-7-17-13(21-9)8-19-14(10(2)16)18-12-6-4-3-5-11(12)15(19)20/h3-7,10H,8H2,1-2H3. The number of nitrogens with zero attached hydrogens (tertiary/aromatic N) is 3. The molecule has 3 rings (SSSR count). The average Bonchev–Trinajstić information content (AvgIpc) is 2.87. The van der Waals surface area contributed by atoms with Crippen LogP contribution in [0.5, 0.6) is 0 Å². The number of thiazole rings is 1. The Hall–Kier alpha value is -1.72. The summed E-state index contributed by atoms with van der Waals surface area (Å²) in [5.74, 6) is 0.577. The average molecular weight is 320 g/mol. The Balaban J connectivity index is 2.21. The molecule has 1 aromatic carbocycles. The molecule has 21 heavy (non-hydrogen) atoms. The minimum absolute atomic E-state index is 0.0732. The molecule has 0 saturated heterocycles. The van der Waals surface area contributed by atoms with E-state index in [1.54, 1.807) is 22.0 Å². The highest BCUT2D eigenvalue weighted by molar-refractivity contribution is 7.11. The molecule has 0 spiro atoms. The van der Waals surface area contributed by atoms with Gasteiger partial charge in [0.2, 0.25) is 0 Å². The third-order valence-electron chi connectivity index (χ3n) is 3.21. The van der Waals surface area contributed by atoms with Crippen LogP contribution in [0.25, 0.3) is 10.9 Å². The zero-order valence-corrected chi connectivity index (χ0v) is 13.3. The van der Waals surface area contributed by atoms with Crippen molar-refractivity contribution in [2.45, 2.75) is 25.8 Å². The normalized spacial score (nSPS) is 12.7. The van der Waals surface area contributed by atoms with Crippen molar-refractivity contribution in [1.82, 2.24) is 14.5 Å². The molecule has 0 fully saturated rings. The van der Waals surface area contributed by atoms with Crippen LogP contribution >= 0.6 is 22.9 Å². The molecule has 2 aromatic heterocycles. The zero-order valence-electron chi connectivity index (χ0n) is 11.7. The summed E-state index contributed by atoms with van der Waals surface area (Å²) in [4.78, 5) is 22.7. The summed E-state index contributed by atoms with van der Waals surface area (Å²) < 4.78 is 1.62. The molecular weight excluding hydrogens is 306 g/mol. The fourth-order valence-electron chi connectivity index (χ4n) is 2.25. The van der Waals surface area contributed by atoms with Crippen LogP contribution in [-0.2, 0) is 6.54 Å². The minimum Gasteiger partial charge on any atom is -0.288 e. The lowest BCUT2D eigenvalue weighted by Crippen LogP contribution is -2.26. The highest BCUT2D eigenvalue weighted by Crippen LogP contribution is 2.20. The number of aromatic nitrogens is 3. The van der Waals surface area contributed by atoms with Crippen LogP contribution in [0, 0.1) is 6.92 Å². The first-order valence-corrected chi connectivity index (χ1v) is 7.86. The van der Waals surface area contributed by atoms with Crippen LogP contribution in [-0.4, -0.2) is 14.5 Å². The predicted molar refractivity (Wildman–Crippen MR) is 86.2 cm³/mol. The van der Waals surface area contributed by atoms with E-state index in [4.69, 9.17) is 11.6 Å². The van der Waals surface area contributed by atoms with Gasteiger partial charge in [0.1, 0.15) is 10.8 Å². The summed E-state index contributed by atoms with van der Waals surface area (Å²) in [6.07, 6.45) is 1.81. The third kappa shape index (κ3) is 2.71. The molecular formula is C15H14ClN3OS. The van der Waals surface area contributed by atoms with Crippen molar-refractivity contribution in [2.75, 3.05) is 0 Å². The number of rotatable bonds is 3. The van der Waals surface area contributed by atoms with Crippen LogP contribution in [0.4, 0.5) is 0 Å². The Kier molecular flexibility index (Phi) is 3.78. The maximum Gasteiger partial charge on any atom is 0.261 e. The van der Waals surface area contributed by atoms with Crippen molar-refractivity contribution in [3.8, 4) is 0 Å². The molecule has 108 valence electrons.